The monoisotopic (exact) mass is 546 g/mol. The molecule has 2 fully saturated rings. The Morgan fingerprint density at radius 2 is 1.98 bits per heavy atom. The number of pyridine rings is 1. The van der Waals surface area contributed by atoms with Crippen molar-refractivity contribution in [2.75, 3.05) is 49.6 Å². The normalized spacial score (nSPS) is 23.1. The molecule has 8 nitrogen and oxygen atoms in total. The van der Waals surface area contributed by atoms with Crippen LogP contribution in [0.4, 0.5) is 15.8 Å². The van der Waals surface area contributed by atoms with Crippen molar-refractivity contribution in [2.24, 2.45) is 0 Å². The number of halogens is 1. The Bertz CT molecular complexity index is 1310. The van der Waals surface area contributed by atoms with Gasteiger partial charge in [-0.3, -0.25) is 4.79 Å². The zero-order valence-corrected chi connectivity index (χ0v) is 24.0. The molecule has 40 heavy (non-hydrogen) atoms. The Hall–Kier alpha value is -3.64. The molecule has 0 radical (unpaired) electrons. The molecule has 0 aliphatic carbocycles. The maximum absolute atomic E-state index is 14.9. The number of fused-ring (bicyclic) bond motifs is 1. The first-order valence-corrected chi connectivity index (χ1v) is 14.2. The molecule has 1 amide bonds. The fourth-order valence-electron chi connectivity index (χ4n) is 6.71. The van der Waals surface area contributed by atoms with Crippen molar-refractivity contribution in [1.82, 2.24) is 14.8 Å². The number of hydrogen-bond acceptors (Lipinski definition) is 7. The number of nitriles is 1. The van der Waals surface area contributed by atoms with E-state index in [9.17, 15) is 14.4 Å². The van der Waals surface area contributed by atoms with Crippen molar-refractivity contribution >= 4 is 17.3 Å². The average molecular weight is 547 g/mol. The number of rotatable bonds is 6. The summed E-state index contributed by atoms with van der Waals surface area (Å²) in [5.74, 6) is 0.00907. The van der Waals surface area contributed by atoms with E-state index in [2.05, 4.69) is 29.5 Å². The molecule has 1 unspecified atom stereocenters. The largest absolute Gasteiger partial charge is 0.475 e. The van der Waals surface area contributed by atoms with E-state index in [1.165, 1.54) is 12.1 Å². The van der Waals surface area contributed by atoms with Crippen molar-refractivity contribution in [3.63, 3.8) is 0 Å². The number of hydrogen-bond donors (Lipinski definition) is 0. The lowest BCUT2D eigenvalue weighted by molar-refractivity contribution is -0.130. The van der Waals surface area contributed by atoms with E-state index < -0.39 is 0 Å². The number of amides is 1. The lowest BCUT2D eigenvalue weighted by Crippen LogP contribution is -2.58. The molecule has 3 aliphatic heterocycles. The molecular formula is C31H39FN6O2. The number of likely N-dealkylation sites (tertiary alicyclic amines) is 1. The second kappa shape index (κ2) is 11.5. The van der Waals surface area contributed by atoms with Gasteiger partial charge in [-0.25, -0.2) is 9.37 Å². The number of aromatic nitrogens is 1. The summed E-state index contributed by atoms with van der Waals surface area (Å²) in [4.78, 5) is 25.9. The van der Waals surface area contributed by atoms with Gasteiger partial charge in [-0.1, -0.05) is 18.7 Å². The minimum atomic E-state index is -0.247. The first kappa shape index (κ1) is 27.9. The quantitative estimate of drug-likeness (QED) is 0.506. The van der Waals surface area contributed by atoms with Crippen molar-refractivity contribution in [3.8, 4) is 11.9 Å². The summed E-state index contributed by atoms with van der Waals surface area (Å²) >= 11 is 0. The zero-order chi connectivity index (χ0) is 28.6. The predicted octanol–water partition coefficient (Wildman–Crippen LogP) is 4.05. The molecule has 5 rings (SSSR count). The minimum Gasteiger partial charge on any atom is -0.475 e. The Balaban J connectivity index is 1.55. The Labute approximate surface area is 236 Å². The standard InChI is InChI=1S/C31H39FN6O2/c1-6-28(39)38-21(3)16-37(17-22(38)4)30-24-12-14-36(29-20(2)9-7-11-26(29)32)18-27(24)34-31(25(30)15-33)40-19-23-10-8-13-35(23)5/h6-7,9,11,21-23H,1,8,10,12-14,16-19H2,2-5H3/t21-,22+,23?. The molecule has 1 aromatic carbocycles. The molecule has 2 aromatic rings. The van der Waals surface area contributed by atoms with E-state index in [0.717, 1.165) is 41.9 Å². The van der Waals surface area contributed by atoms with Gasteiger partial charge in [0.2, 0.25) is 11.8 Å². The molecule has 0 bridgehead atoms. The maximum Gasteiger partial charge on any atom is 0.246 e. The first-order valence-electron chi connectivity index (χ1n) is 14.2. The number of aryl methyl sites for hydroxylation is 1. The minimum absolute atomic E-state index is 0.0673. The number of piperazine rings is 1. The van der Waals surface area contributed by atoms with Crippen LogP contribution in [0.3, 0.4) is 0 Å². The summed E-state index contributed by atoms with van der Waals surface area (Å²) in [7, 11) is 2.10. The highest BCUT2D eigenvalue weighted by Crippen LogP contribution is 2.39. The molecule has 9 heteroatoms. The van der Waals surface area contributed by atoms with Gasteiger partial charge in [0.1, 0.15) is 24.1 Å². The Morgan fingerprint density at radius 1 is 1.23 bits per heavy atom. The fraction of sp³-hybridized carbons (Fsp3) is 0.516. The Morgan fingerprint density at radius 3 is 2.60 bits per heavy atom. The molecule has 3 aliphatic rings. The van der Waals surface area contributed by atoms with E-state index in [1.54, 1.807) is 6.07 Å². The van der Waals surface area contributed by atoms with Crippen LogP contribution in [-0.2, 0) is 17.8 Å². The van der Waals surface area contributed by atoms with Crippen molar-refractivity contribution in [2.45, 2.75) is 64.7 Å². The second-order valence-electron chi connectivity index (χ2n) is 11.4. The number of likely N-dealkylation sites (N-methyl/N-ethyl adjacent to an activating group) is 1. The highest BCUT2D eigenvalue weighted by Gasteiger charge is 2.37. The number of ether oxygens (including phenoxy) is 1. The summed E-state index contributed by atoms with van der Waals surface area (Å²) < 4.78 is 21.3. The van der Waals surface area contributed by atoms with Gasteiger partial charge < -0.3 is 24.3 Å². The molecule has 2 saturated heterocycles. The van der Waals surface area contributed by atoms with Crippen LogP contribution < -0.4 is 14.5 Å². The van der Waals surface area contributed by atoms with Crippen LogP contribution in [0, 0.1) is 24.1 Å². The Kier molecular flexibility index (Phi) is 7.99. The van der Waals surface area contributed by atoms with Gasteiger partial charge in [0, 0.05) is 43.3 Å². The van der Waals surface area contributed by atoms with Crippen LogP contribution in [0.5, 0.6) is 5.88 Å². The van der Waals surface area contributed by atoms with Crippen LogP contribution in [-0.4, -0.2) is 78.7 Å². The van der Waals surface area contributed by atoms with Crippen molar-refractivity contribution in [3.05, 3.63) is 59.1 Å². The lowest BCUT2D eigenvalue weighted by atomic mass is 9.96. The zero-order valence-electron chi connectivity index (χ0n) is 24.0. The third-order valence-corrected chi connectivity index (χ3v) is 8.66. The first-order chi connectivity index (χ1) is 19.2. The summed E-state index contributed by atoms with van der Waals surface area (Å²) in [6.07, 6.45) is 4.16. The lowest BCUT2D eigenvalue weighted by Gasteiger charge is -2.46. The highest BCUT2D eigenvalue weighted by molar-refractivity contribution is 5.88. The number of benzene rings is 1. The topological polar surface area (TPSA) is 75.9 Å². The van der Waals surface area contributed by atoms with Gasteiger partial charge in [-0.05, 0) is 71.3 Å². The fourth-order valence-corrected chi connectivity index (χ4v) is 6.71. The molecule has 1 aromatic heterocycles. The molecule has 0 saturated carbocycles. The SMILES string of the molecule is C=CC(=O)N1[C@H](C)CN(c2c(C#N)c(OCC3CCCN3C)nc3c2CCN(c2c(C)cccc2F)C3)C[C@@H]1C. The molecule has 4 heterocycles. The second-order valence-corrected chi connectivity index (χ2v) is 11.4. The number of anilines is 2. The third kappa shape index (κ3) is 5.13. The van der Waals surface area contributed by atoms with E-state index in [0.29, 0.717) is 56.3 Å². The van der Waals surface area contributed by atoms with E-state index in [-0.39, 0.29) is 29.8 Å². The smallest absolute Gasteiger partial charge is 0.246 e. The maximum atomic E-state index is 14.9. The van der Waals surface area contributed by atoms with E-state index in [1.807, 2.05) is 36.6 Å². The average Bonchev–Trinajstić information content (AvgIpc) is 3.34. The molecular weight excluding hydrogens is 507 g/mol. The van der Waals surface area contributed by atoms with Crippen LogP contribution in [0.2, 0.25) is 0 Å². The number of nitrogens with zero attached hydrogens (tertiary/aromatic N) is 6. The van der Waals surface area contributed by atoms with Crippen molar-refractivity contribution < 1.29 is 13.9 Å². The summed E-state index contributed by atoms with van der Waals surface area (Å²) in [6.45, 7) is 13.3. The van der Waals surface area contributed by atoms with Gasteiger partial charge in [0.15, 0.2) is 0 Å². The van der Waals surface area contributed by atoms with Gasteiger partial charge >= 0.3 is 0 Å². The van der Waals surface area contributed by atoms with Crippen LogP contribution >= 0.6 is 0 Å². The van der Waals surface area contributed by atoms with E-state index >= 15 is 0 Å². The summed E-state index contributed by atoms with van der Waals surface area (Å²) in [5.41, 5.74) is 4.57. The number of carbonyl (C=O) groups is 1. The molecule has 0 N–H and O–H groups in total. The predicted molar refractivity (Wildman–Crippen MR) is 154 cm³/mol. The summed E-state index contributed by atoms with van der Waals surface area (Å²) in [5, 5.41) is 10.4. The van der Waals surface area contributed by atoms with Gasteiger partial charge in [-0.15, -0.1) is 0 Å². The van der Waals surface area contributed by atoms with Gasteiger partial charge in [-0.2, -0.15) is 5.26 Å². The molecule has 0 spiro atoms. The van der Waals surface area contributed by atoms with Gasteiger partial charge in [0.25, 0.3) is 0 Å². The molecule has 3 atom stereocenters. The van der Waals surface area contributed by atoms with Crippen LogP contribution in [0.15, 0.2) is 30.9 Å². The highest BCUT2D eigenvalue weighted by atomic mass is 19.1. The molecule has 212 valence electrons. The summed E-state index contributed by atoms with van der Waals surface area (Å²) in [6, 6.07) is 7.71. The third-order valence-electron chi connectivity index (χ3n) is 8.66. The number of carbonyl (C=O) groups excluding carboxylic acids is 1. The van der Waals surface area contributed by atoms with Crippen LogP contribution in [0.1, 0.15) is 49.1 Å². The van der Waals surface area contributed by atoms with E-state index in [4.69, 9.17) is 9.72 Å². The number of para-hydroxylation sites is 1. The van der Waals surface area contributed by atoms with Crippen LogP contribution in [0.25, 0.3) is 0 Å². The van der Waals surface area contributed by atoms with Crippen molar-refractivity contribution in [1.29, 1.82) is 5.26 Å². The van der Waals surface area contributed by atoms with Gasteiger partial charge in [0.05, 0.1) is 23.6 Å².